The van der Waals surface area contributed by atoms with Crippen molar-refractivity contribution < 1.29 is 14.3 Å². The number of hydrogen-bond donors (Lipinski definition) is 2. The highest BCUT2D eigenvalue weighted by atomic mass is 79.9. The molecule has 1 unspecified atom stereocenters. The molecule has 1 heterocycles. The zero-order chi connectivity index (χ0) is 20.0. The number of carbonyl (C=O) groups excluding carboxylic acids is 2. The predicted octanol–water partition coefficient (Wildman–Crippen LogP) is 3.84. The van der Waals surface area contributed by atoms with E-state index in [9.17, 15) is 9.59 Å². The summed E-state index contributed by atoms with van der Waals surface area (Å²) in [6.45, 7) is 2.66. The lowest BCUT2D eigenvalue weighted by Crippen LogP contribution is -2.50. The Morgan fingerprint density at radius 1 is 1.11 bits per heavy atom. The largest absolute Gasteiger partial charge is 0.381 e. The maximum absolute atomic E-state index is 13.0. The fourth-order valence-electron chi connectivity index (χ4n) is 3.68. The summed E-state index contributed by atoms with van der Waals surface area (Å²) in [7, 11) is 0. The number of benzene rings is 2. The molecule has 148 valence electrons. The number of rotatable bonds is 6. The number of hydrogen-bond acceptors (Lipinski definition) is 3. The first-order valence-corrected chi connectivity index (χ1v) is 10.2. The van der Waals surface area contributed by atoms with Crippen molar-refractivity contribution in [2.75, 3.05) is 13.2 Å². The standard InChI is InChI=1S/C22H25BrN2O3/c1-16(26)24-20(17-6-3-2-4-7-17)15-21(27)25-22(10-12-28-13-11-22)18-8-5-9-19(23)14-18/h2-9,14,20H,10-13,15H2,1H3,(H,24,26)(H,25,27). The summed E-state index contributed by atoms with van der Waals surface area (Å²) in [6.07, 6.45) is 1.61. The Bertz CT molecular complexity index is 820. The van der Waals surface area contributed by atoms with Crippen LogP contribution in [0.3, 0.4) is 0 Å². The van der Waals surface area contributed by atoms with Gasteiger partial charge in [0.1, 0.15) is 0 Å². The van der Waals surface area contributed by atoms with E-state index < -0.39 is 5.54 Å². The normalized spacial score (nSPS) is 16.8. The molecule has 2 aromatic carbocycles. The maximum atomic E-state index is 13.0. The molecule has 6 heteroatoms. The number of nitrogens with one attached hydrogen (secondary N) is 2. The van der Waals surface area contributed by atoms with Crippen LogP contribution in [0.1, 0.15) is 43.4 Å². The Kier molecular flexibility index (Phi) is 6.86. The summed E-state index contributed by atoms with van der Waals surface area (Å²) in [5, 5.41) is 6.15. The van der Waals surface area contributed by atoms with E-state index in [0.717, 1.165) is 15.6 Å². The Labute approximate surface area is 174 Å². The molecule has 0 radical (unpaired) electrons. The van der Waals surface area contributed by atoms with Crippen LogP contribution in [0, 0.1) is 0 Å². The SMILES string of the molecule is CC(=O)NC(CC(=O)NC1(c2cccc(Br)c2)CCOCC1)c1ccccc1. The van der Waals surface area contributed by atoms with Crippen LogP contribution in [0.15, 0.2) is 59.1 Å². The Morgan fingerprint density at radius 2 is 1.82 bits per heavy atom. The van der Waals surface area contributed by atoms with Gasteiger partial charge in [-0.2, -0.15) is 0 Å². The Morgan fingerprint density at radius 3 is 2.46 bits per heavy atom. The van der Waals surface area contributed by atoms with Gasteiger partial charge in [0.2, 0.25) is 11.8 Å². The smallest absolute Gasteiger partial charge is 0.223 e. The molecule has 1 atom stereocenters. The molecule has 0 aliphatic carbocycles. The molecule has 1 fully saturated rings. The number of carbonyl (C=O) groups is 2. The van der Waals surface area contributed by atoms with Crippen LogP contribution in [-0.2, 0) is 19.9 Å². The first-order chi connectivity index (χ1) is 13.5. The van der Waals surface area contributed by atoms with Crippen molar-refractivity contribution in [1.82, 2.24) is 10.6 Å². The van der Waals surface area contributed by atoms with Crippen molar-refractivity contribution in [2.45, 2.75) is 37.8 Å². The quantitative estimate of drug-likeness (QED) is 0.710. The Balaban J connectivity index is 1.80. The van der Waals surface area contributed by atoms with Crippen molar-refractivity contribution in [3.63, 3.8) is 0 Å². The van der Waals surface area contributed by atoms with Gasteiger partial charge >= 0.3 is 0 Å². The monoisotopic (exact) mass is 444 g/mol. The summed E-state index contributed by atoms with van der Waals surface area (Å²) in [6, 6.07) is 17.3. The summed E-state index contributed by atoms with van der Waals surface area (Å²) in [4.78, 5) is 24.7. The second kappa shape index (κ2) is 9.34. The summed E-state index contributed by atoms with van der Waals surface area (Å²) in [5.41, 5.74) is 1.52. The minimum Gasteiger partial charge on any atom is -0.381 e. The van der Waals surface area contributed by atoms with Crippen molar-refractivity contribution in [2.24, 2.45) is 0 Å². The molecule has 1 saturated heterocycles. The summed E-state index contributed by atoms with van der Waals surface area (Å²) < 4.78 is 6.52. The van der Waals surface area contributed by atoms with Crippen molar-refractivity contribution in [3.05, 3.63) is 70.2 Å². The molecule has 2 amide bonds. The molecule has 0 saturated carbocycles. The van der Waals surface area contributed by atoms with Gasteiger partial charge in [-0.05, 0) is 36.1 Å². The first kappa shape index (κ1) is 20.6. The molecule has 2 N–H and O–H groups in total. The second-order valence-electron chi connectivity index (χ2n) is 7.12. The zero-order valence-corrected chi connectivity index (χ0v) is 17.5. The van der Waals surface area contributed by atoms with Gasteiger partial charge in [-0.15, -0.1) is 0 Å². The fraction of sp³-hybridized carbons (Fsp3) is 0.364. The third-order valence-electron chi connectivity index (χ3n) is 5.07. The van der Waals surface area contributed by atoms with Gasteiger partial charge in [0.15, 0.2) is 0 Å². The van der Waals surface area contributed by atoms with Crippen LogP contribution in [0.2, 0.25) is 0 Å². The van der Waals surface area contributed by atoms with Gasteiger partial charge in [0.25, 0.3) is 0 Å². The average molecular weight is 445 g/mol. The molecule has 1 aliphatic heterocycles. The molecule has 3 rings (SSSR count). The van der Waals surface area contributed by atoms with E-state index in [0.29, 0.717) is 26.1 Å². The lowest BCUT2D eigenvalue weighted by Gasteiger charge is -2.39. The third-order valence-corrected chi connectivity index (χ3v) is 5.56. The van der Waals surface area contributed by atoms with Crippen LogP contribution in [-0.4, -0.2) is 25.0 Å². The van der Waals surface area contributed by atoms with Gasteiger partial charge < -0.3 is 15.4 Å². The van der Waals surface area contributed by atoms with E-state index in [1.165, 1.54) is 6.92 Å². The highest BCUT2D eigenvalue weighted by Gasteiger charge is 2.36. The van der Waals surface area contributed by atoms with E-state index in [-0.39, 0.29) is 24.3 Å². The van der Waals surface area contributed by atoms with E-state index in [4.69, 9.17) is 4.74 Å². The van der Waals surface area contributed by atoms with Crippen LogP contribution in [0.25, 0.3) is 0 Å². The first-order valence-electron chi connectivity index (χ1n) is 9.45. The molecule has 0 spiro atoms. The maximum Gasteiger partial charge on any atom is 0.223 e. The van der Waals surface area contributed by atoms with Crippen molar-refractivity contribution in [1.29, 1.82) is 0 Å². The molecule has 2 aromatic rings. The van der Waals surface area contributed by atoms with E-state index in [1.807, 2.05) is 54.6 Å². The minimum absolute atomic E-state index is 0.0931. The molecule has 5 nitrogen and oxygen atoms in total. The highest BCUT2D eigenvalue weighted by molar-refractivity contribution is 9.10. The third kappa shape index (κ3) is 5.20. The second-order valence-corrected chi connectivity index (χ2v) is 8.04. The van der Waals surface area contributed by atoms with Crippen LogP contribution in [0.4, 0.5) is 0 Å². The van der Waals surface area contributed by atoms with E-state index >= 15 is 0 Å². The lowest BCUT2D eigenvalue weighted by molar-refractivity contribution is -0.125. The summed E-state index contributed by atoms with van der Waals surface area (Å²) >= 11 is 3.53. The highest BCUT2D eigenvalue weighted by Crippen LogP contribution is 2.34. The predicted molar refractivity (Wildman–Crippen MR) is 112 cm³/mol. The lowest BCUT2D eigenvalue weighted by atomic mass is 9.82. The molecule has 0 bridgehead atoms. The van der Waals surface area contributed by atoms with Gasteiger partial charge in [-0.25, -0.2) is 0 Å². The molecule has 0 aromatic heterocycles. The van der Waals surface area contributed by atoms with Crippen LogP contribution < -0.4 is 10.6 Å². The van der Waals surface area contributed by atoms with Crippen LogP contribution in [0.5, 0.6) is 0 Å². The van der Waals surface area contributed by atoms with Gasteiger partial charge in [0.05, 0.1) is 18.0 Å². The van der Waals surface area contributed by atoms with E-state index in [1.54, 1.807) is 0 Å². The van der Waals surface area contributed by atoms with Gasteiger partial charge in [-0.3, -0.25) is 9.59 Å². The number of amides is 2. The Hall–Kier alpha value is -2.18. The molecular weight excluding hydrogens is 420 g/mol. The van der Waals surface area contributed by atoms with Crippen molar-refractivity contribution in [3.8, 4) is 0 Å². The van der Waals surface area contributed by atoms with E-state index in [2.05, 4.69) is 26.6 Å². The molecule has 28 heavy (non-hydrogen) atoms. The average Bonchev–Trinajstić information content (AvgIpc) is 2.68. The van der Waals surface area contributed by atoms with Crippen molar-refractivity contribution >= 4 is 27.7 Å². The minimum atomic E-state index is -0.462. The molecule has 1 aliphatic rings. The molecular formula is C22H25BrN2O3. The topological polar surface area (TPSA) is 67.4 Å². The van der Waals surface area contributed by atoms with Gasteiger partial charge in [0, 0.05) is 24.6 Å². The summed E-state index contributed by atoms with van der Waals surface area (Å²) in [5.74, 6) is -0.251. The number of ether oxygens (including phenoxy) is 1. The number of halogens is 1. The zero-order valence-electron chi connectivity index (χ0n) is 15.9. The van der Waals surface area contributed by atoms with Crippen LogP contribution >= 0.6 is 15.9 Å². The van der Waals surface area contributed by atoms with Gasteiger partial charge in [-0.1, -0.05) is 58.4 Å². The fourth-order valence-corrected chi connectivity index (χ4v) is 4.08.